The Morgan fingerprint density at radius 1 is 0.558 bits per heavy atom. The molecule has 2 saturated heterocycles. The number of nitrogens with one attached hydrogen (secondary N) is 7. The van der Waals surface area contributed by atoms with Crippen molar-refractivity contribution in [2.24, 2.45) is 0 Å². The minimum absolute atomic E-state index is 0.0523. The van der Waals surface area contributed by atoms with Gasteiger partial charge in [0.25, 0.3) is 0 Å². The number of amides is 8. The zero-order valence-electron chi connectivity index (χ0n) is 70.0. The highest BCUT2D eigenvalue weighted by Crippen LogP contribution is 2.51. The second kappa shape index (κ2) is 39.6. The maximum Gasteiger partial charge on any atom is 0.410 e. The number of phenols is 4. The predicted molar refractivity (Wildman–Crippen MR) is 448 cm³/mol. The number of fused-ring (bicyclic) bond motifs is 14. The first kappa shape index (κ1) is 94.1. The number of carboxylic acid groups (broad SMARTS) is 1. The number of halogens is 2. The van der Waals surface area contributed by atoms with Crippen LogP contribution >= 0.6 is 23.2 Å². The van der Waals surface area contributed by atoms with E-state index in [9.17, 15) is 80.5 Å². The van der Waals surface area contributed by atoms with E-state index < -0.39 is 294 Å². The molecule has 0 aliphatic carbocycles. The Morgan fingerprint density at radius 3 is 1.86 bits per heavy atom. The molecule has 7 aromatic rings. The van der Waals surface area contributed by atoms with Crippen LogP contribution in [0.25, 0.3) is 11.1 Å². The van der Waals surface area contributed by atoms with E-state index in [1.54, 1.807) is 20.8 Å². The first-order valence-corrected chi connectivity index (χ1v) is 41.9. The van der Waals surface area contributed by atoms with E-state index >= 15 is 28.8 Å². The summed E-state index contributed by atoms with van der Waals surface area (Å²) in [7, 11) is 2.16. The van der Waals surface area contributed by atoms with Crippen molar-refractivity contribution in [3.05, 3.63) is 164 Å². The summed E-state index contributed by atoms with van der Waals surface area (Å²) in [5.41, 5.74) is -4.86. The summed E-state index contributed by atoms with van der Waals surface area (Å²) in [4.78, 5) is 153. The Kier molecular flexibility index (Phi) is 28.9. The zero-order chi connectivity index (χ0) is 93.0. The largest absolute Gasteiger partial charge is 0.508 e. The average Bonchev–Trinajstić information content (AvgIpc) is 0.756. The first-order chi connectivity index (χ1) is 61.3. The number of aliphatic hydroxyl groups excluding tert-OH is 7. The molecule has 17 bridgehead atoms. The quantitative estimate of drug-likeness (QED) is 0.0363. The maximum absolute atomic E-state index is 16.8. The maximum atomic E-state index is 16.8. The molecule has 0 aromatic heterocycles. The summed E-state index contributed by atoms with van der Waals surface area (Å²) in [6, 6.07) is 3.18. The molecule has 2 fully saturated rings. The van der Waals surface area contributed by atoms with E-state index in [2.05, 4.69) is 44.1 Å². The van der Waals surface area contributed by atoms with Gasteiger partial charge in [-0.3, -0.25) is 38.5 Å². The number of esters is 1. The van der Waals surface area contributed by atoms with E-state index in [-0.39, 0.29) is 28.9 Å². The second-order valence-corrected chi connectivity index (χ2v) is 33.5. The fraction of sp³-hybridized carbons (Fsp3) is 0.409. The number of hydrogen-bond acceptors (Lipinski definition) is 30. The normalized spacial score (nSPS) is 25.7. The van der Waals surface area contributed by atoms with Gasteiger partial charge in [0, 0.05) is 54.3 Å². The van der Waals surface area contributed by atoms with Crippen molar-refractivity contribution in [2.75, 3.05) is 20.8 Å². The van der Waals surface area contributed by atoms with Crippen molar-refractivity contribution < 1.29 is 152 Å². The van der Waals surface area contributed by atoms with Crippen LogP contribution in [0.15, 0.2) is 115 Å². The van der Waals surface area contributed by atoms with Crippen LogP contribution in [0.1, 0.15) is 161 Å². The minimum Gasteiger partial charge on any atom is -0.508 e. The summed E-state index contributed by atoms with van der Waals surface area (Å²) in [6.07, 6.45) is -16.1. The highest BCUT2D eigenvalue weighted by Gasteiger charge is 2.52. The molecule has 688 valence electrons. The van der Waals surface area contributed by atoms with E-state index in [0.717, 1.165) is 135 Å². The topological polar surface area (TPSA) is 584 Å². The Bertz CT molecular complexity index is 5470. The molecule has 7 aromatic carbocycles. The second-order valence-electron chi connectivity index (χ2n) is 32.7. The van der Waals surface area contributed by atoms with Crippen LogP contribution in [0.2, 0.25) is 10.0 Å². The molecule has 19 N–H and O–H groups in total. The molecule has 41 heteroatoms. The summed E-state index contributed by atoms with van der Waals surface area (Å²) >= 11 is 14.3. The molecule has 8 aliphatic heterocycles. The third-order valence-corrected chi connectivity index (χ3v) is 23.1. The number of aromatic hydroxyl groups is 4. The average molecular weight is 1830 g/mol. The number of carboxylic acids is 1. The van der Waals surface area contributed by atoms with Gasteiger partial charge in [-0.15, -0.1) is 0 Å². The lowest BCUT2D eigenvalue weighted by Gasteiger charge is -2.41. The molecule has 129 heavy (non-hydrogen) atoms. The predicted octanol–water partition coefficient (Wildman–Crippen LogP) is 5.67. The SMILES string of the molecule is CCCCCCCCCCC(=O)N[C@H]1[C@H](Oc2c3cc4cc2Oc2ccc(cc2Cl)[C@@H](O)[C@@H]2NC(=O)[C@H](NC(=O)[C@@H]4NC(=O)[C@H]4NC(=O)[C@@H](Cc5ccc(cc5)O3)NC(=O)[C@@H](N(C)C(=O)OC(C)(C)C)c3ccc(O)c(c3)Oc3cc(O)c(Cl)c4c3)c3ccc(O)c(c3)-c3c(O[C@H]4O[C@H](CO)[C@@H](O)[C@H](O)[C@@H]4O)cc(O)cc3[C@H](C(=O)O)NC2=O)O[C@H](C(=O)OC)[C@@H](O)[C@@H]1O. The molecule has 8 aliphatic rings. The number of unbranched alkanes of at least 4 members (excludes halogenated alkanes) is 7. The van der Waals surface area contributed by atoms with Crippen LogP contribution in [0.3, 0.4) is 0 Å². The van der Waals surface area contributed by atoms with Crippen LogP contribution in [-0.4, -0.2) is 225 Å². The Morgan fingerprint density at radius 2 is 1.19 bits per heavy atom. The highest BCUT2D eigenvalue weighted by atomic mass is 35.5. The minimum atomic E-state index is -2.50. The van der Waals surface area contributed by atoms with E-state index in [1.807, 2.05) is 0 Å². The third kappa shape index (κ3) is 20.8. The summed E-state index contributed by atoms with van der Waals surface area (Å²) in [5, 5.41) is 155. The van der Waals surface area contributed by atoms with Crippen molar-refractivity contribution in [1.29, 1.82) is 0 Å². The standard InChI is InChI=1S/C88H96Cl2N8O31/c1-7-8-9-10-11-12-13-14-15-59(104)92-67-71(107)73(109)76(84(119)121-6)128-85(67)127-75-56-30-41-31-57(75)124-53-25-20-40(28-48(53)89)69(105)66-81(115)96-65(83(117)118)46-32-42(100)33-55(125-86-74(110)72(108)70(106)58(36-99)126-86)60(46)45-27-38(18-23-50(45)101)62(78(112)97-66)93-79(113)63(41)94-80(114)64-47-34-44(35-52(103)61(47)90)123-54-29-39(19-24-51(54)102)68(98(5)87(120)129-88(2,3)4)82(116)91-49(77(111)95-64)26-37-16-21-43(122-56)22-17-37/h16-25,27-35,49,58,62-74,76,85-86,99-103,105-110H,7-15,26,36H2,1-6H3,(H,91,116)(H,92,104)(H,93,113)(H,94,114)(H,95,111)(H,96,115)(H,97,112)(H,117,118)/t49-,58-,62-,63-,64+,65-,66+,67-,68+,69-,70-,71-,72+,73+,74+,76+,85-,86+/m1/s1. The molecule has 18 atom stereocenters. The molecule has 0 saturated carbocycles. The van der Waals surface area contributed by atoms with Crippen LogP contribution < -0.4 is 60.9 Å². The van der Waals surface area contributed by atoms with Crippen molar-refractivity contribution in [3.8, 4) is 80.1 Å². The fourth-order valence-electron chi connectivity index (χ4n) is 15.7. The van der Waals surface area contributed by atoms with Gasteiger partial charge in [-0.05, 0) is 128 Å². The molecule has 0 spiro atoms. The van der Waals surface area contributed by atoms with Gasteiger partial charge in [0.05, 0.1) is 23.8 Å². The van der Waals surface area contributed by atoms with Crippen molar-refractivity contribution in [3.63, 3.8) is 0 Å². The van der Waals surface area contributed by atoms with Crippen molar-refractivity contribution in [1.82, 2.24) is 42.1 Å². The third-order valence-electron chi connectivity index (χ3n) is 22.4. The van der Waals surface area contributed by atoms with Gasteiger partial charge in [0.1, 0.15) is 131 Å². The van der Waals surface area contributed by atoms with Gasteiger partial charge < -0.3 is 141 Å². The molecule has 0 radical (unpaired) electrons. The van der Waals surface area contributed by atoms with Crippen LogP contribution in [0.4, 0.5) is 4.79 Å². The van der Waals surface area contributed by atoms with Gasteiger partial charge in [-0.1, -0.05) is 105 Å². The van der Waals surface area contributed by atoms with E-state index in [1.165, 1.54) is 37.4 Å². The number of aliphatic hydroxyl groups is 7. The number of nitrogens with zero attached hydrogens (tertiary/aromatic N) is 1. The van der Waals surface area contributed by atoms with Crippen LogP contribution in [-0.2, 0) is 68.5 Å². The Hall–Kier alpha value is -12.5. The number of ether oxygens (including phenoxy) is 9. The molecule has 0 unspecified atom stereocenters. The number of benzene rings is 7. The Labute approximate surface area is 745 Å². The lowest BCUT2D eigenvalue weighted by Crippen LogP contribution is -2.66. The van der Waals surface area contributed by atoms with Crippen LogP contribution in [0.5, 0.6) is 69.0 Å². The number of hydrogen-bond donors (Lipinski definition) is 19. The zero-order valence-corrected chi connectivity index (χ0v) is 71.5. The first-order valence-electron chi connectivity index (χ1n) is 41.2. The van der Waals surface area contributed by atoms with E-state index in [4.69, 9.17) is 65.8 Å². The number of carbonyl (C=O) groups is 10. The smallest absolute Gasteiger partial charge is 0.410 e. The number of methoxy groups -OCH3 is 1. The number of likely N-dealkylation sites (N-methyl/N-ethyl adjacent to an activating group) is 1. The van der Waals surface area contributed by atoms with E-state index in [0.29, 0.717) is 12.8 Å². The summed E-state index contributed by atoms with van der Waals surface area (Å²) in [5.74, 6) is -19.7. The molecule has 8 heterocycles. The molecule has 15 rings (SSSR count). The molecular formula is C88H96Cl2N8O31. The number of phenolic OH excluding ortho intramolecular Hbond substituents is 4. The highest BCUT2D eigenvalue weighted by molar-refractivity contribution is 6.33. The van der Waals surface area contributed by atoms with Gasteiger partial charge in [0.15, 0.2) is 35.1 Å². The lowest BCUT2D eigenvalue weighted by atomic mass is 9.89. The van der Waals surface area contributed by atoms with Gasteiger partial charge in [-0.2, -0.15) is 0 Å². The number of rotatable bonds is 18. The molecule has 8 amide bonds. The number of aliphatic carboxylic acids is 1. The molecule has 39 nitrogen and oxygen atoms in total. The monoisotopic (exact) mass is 1830 g/mol. The van der Waals surface area contributed by atoms with Crippen molar-refractivity contribution in [2.45, 2.75) is 207 Å². The molecular weight excluding hydrogens is 1740 g/mol. The van der Waals surface area contributed by atoms with Crippen molar-refractivity contribution >= 4 is 82.6 Å². The van der Waals surface area contributed by atoms with Gasteiger partial charge in [0.2, 0.25) is 59.7 Å². The number of carbonyl (C=O) groups excluding carboxylic acids is 9. The lowest BCUT2D eigenvalue weighted by molar-refractivity contribution is -0.277. The van der Waals surface area contributed by atoms with Gasteiger partial charge >= 0.3 is 18.0 Å². The Balaban J connectivity index is 1.05. The summed E-state index contributed by atoms with van der Waals surface area (Å²) < 4.78 is 55.2. The van der Waals surface area contributed by atoms with Crippen LogP contribution in [0, 0.1) is 0 Å². The van der Waals surface area contributed by atoms with Gasteiger partial charge in [-0.25, -0.2) is 14.4 Å². The fourth-order valence-corrected chi connectivity index (χ4v) is 16.1. The summed E-state index contributed by atoms with van der Waals surface area (Å²) in [6.45, 7) is 5.77.